The largest absolute Gasteiger partial charge is 0.342 e. The fourth-order valence-corrected chi connectivity index (χ4v) is 2.95. The Kier molecular flexibility index (Phi) is 4.20. The highest BCUT2D eigenvalue weighted by molar-refractivity contribution is 5.92. The van der Waals surface area contributed by atoms with E-state index in [1.54, 1.807) is 6.20 Å². The molecule has 1 aliphatic rings. The summed E-state index contributed by atoms with van der Waals surface area (Å²) in [5.74, 6) is -0.120. The van der Waals surface area contributed by atoms with Crippen molar-refractivity contribution in [2.75, 3.05) is 0 Å². The molecule has 2 heterocycles. The van der Waals surface area contributed by atoms with Gasteiger partial charge >= 0.3 is 0 Å². The van der Waals surface area contributed by atoms with Gasteiger partial charge in [-0.3, -0.25) is 14.5 Å². The number of nitrogens with zero attached hydrogens (tertiary/aromatic N) is 3. The van der Waals surface area contributed by atoms with Crippen LogP contribution in [0.2, 0.25) is 0 Å². The predicted molar refractivity (Wildman–Crippen MR) is 89.5 cm³/mol. The third kappa shape index (κ3) is 3.14. The number of nitrogens with one attached hydrogen (secondary N) is 1. The van der Waals surface area contributed by atoms with E-state index in [-0.39, 0.29) is 11.9 Å². The minimum absolute atomic E-state index is 0.0188. The third-order valence-corrected chi connectivity index (χ3v) is 4.55. The summed E-state index contributed by atoms with van der Waals surface area (Å²) in [6, 6.07) is 2.16. The smallest absolute Gasteiger partial charge is 0.270 e. The van der Waals surface area contributed by atoms with Crippen molar-refractivity contribution in [3.05, 3.63) is 46.5 Å². The Bertz CT molecular complexity index is 733. The van der Waals surface area contributed by atoms with Crippen LogP contribution in [0.15, 0.2) is 18.5 Å². The molecule has 0 aliphatic heterocycles. The van der Waals surface area contributed by atoms with Crippen LogP contribution < -0.4 is 5.32 Å². The lowest BCUT2D eigenvalue weighted by atomic mass is 9.93. The zero-order valence-electron chi connectivity index (χ0n) is 14.3. The molecule has 1 unspecified atom stereocenters. The Balaban J connectivity index is 1.81. The van der Waals surface area contributed by atoms with Crippen LogP contribution in [0.5, 0.6) is 0 Å². The van der Waals surface area contributed by atoms with Crippen molar-refractivity contribution in [2.24, 2.45) is 0 Å². The molecule has 2 aromatic heterocycles. The quantitative estimate of drug-likeness (QED) is 0.946. The molecule has 0 aromatic carbocycles. The van der Waals surface area contributed by atoms with Crippen LogP contribution >= 0.6 is 0 Å². The molecule has 0 bridgehead atoms. The van der Waals surface area contributed by atoms with Crippen molar-refractivity contribution in [1.29, 1.82) is 0 Å². The van der Waals surface area contributed by atoms with E-state index < -0.39 is 0 Å². The van der Waals surface area contributed by atoms with Gasteiger partial charge in [-0.15, -0.1) is 0 Å². The van der Waals surface area contributed by atoms with E-state index in [4.69, 9.17) is 5.10 Å². The third-order valence-electron chi connectivity index (χ3n) is 4.55. The molecule has 23 heavy (non-hydrogen) atoms. The number of pyridine rings is 1. The van der Waals surface area contributed by atoms with Crippen molar-refractivity contribution in [3.8, 4) is 0 Å². The van der Waals surface area contributed by atoms with Crippen LogP contribution in [0.1, 0.15) is 71.6 Å². The molecule has 1 N–H and O–H groups in total. The lowest BCUT2D eigenvalue weighted by Gasteiger charge is -2.22. The van der Waals surface area contributed by atoms with Gasteiger partial charge in [0.2, 0.25) is 0 Å². The van der Waals surface area contributed by atoms with Crippen molar-refractivity contribution < 1.29 is 4.79 Å². The summed E-state index contributed by atoms with van der Waals surface area (Å²) in [5, 5.41) is 7.80. The van der Waals surface area contributed by atoms with Gasteiger partial charge in [0.05, 0.1) is 11.7 Å². The standard InChI is InChI=1S/C18H24N4O/c1-11(2)22-10-14-6-5-7-15(17(14)21-22)20-18(23)16-8-12(3)13(4)9-19-16/h8-11,15H,5-7H2,1-4H3,(H,20,23). The second-order valence-electron chi connectivity index (χ2n) is 6.69. The van der Waals surface area contributed by atoms with Crippen LogP contribution in [0.25, 0.3) is 0 Å². The number of aryl methyl sites for hydroxylation is 3. The lowest BCUT2D eigenvalue weighted by molar-refractivity contribution is 0.0926. The summed E-state index contributed by atoms with van der Waals surface area (Å²) in [7, 11) is 0. The van der Waals surface area contributed by atoms with Crippen LogP contribution in [0.3, 0.4) is 0 Å². The highest BCUT2D eigenvalue weighted by atomic mass is 16.1. The number of carbonyl (C=O) groups is 1. The van der Waals surface area contributed by atoms with Crippen LogP contribution in [0.4, 0.5) is 0 Å². The molecule has 0 saturated carbocycles. The maximum Gasteiger partial charge on any atom is 0.270 e. The first kappa shape index (κ1) is 15.7. The van der Waals surface area contributed by atoms with Crippen molar-refractivity contribution in [2.45, 2.75) is 59.0 Å². The maximum absolute atomic E-state index is 12.5. The number of carbonyl (C=O) groups excluding carboxylic acids is 1. The highest BCUT2D eigenvalue weighted by Crippen LogP contribution is 2.29. The molecule has 1 amide bonds. The highest BCUT2D eigenvalue weighted by Gasteiger charge is 2.26. The van der Waals surface area contributed by atoms with E-state index in [0.29, 0.717) is 11.7 Å². The number of rotatable bonds is 3. The summed E-state index contributed by atoms with van der Waals surface area (Å²) >= 11 is 0. The van der Waals surface area contributed by atoms with E-state index in [1.165, 1.54) is 5.56 Å². The van der Waals surface area contributed by atoms with E-state index in [0.717, 1.165) is 36.1 Å². The Morgan fingerprint density at radius 3 is 2.83 bits per heavy atom. The molecule has 0 spiro atoms. The Morgan fingerprint density at radius 1 is 1.35 bits per heavy atom. The van der Waals surface area contributed by atoms with Gasteiger partial charge in [-0.05, 0) is 69.7 Å². The van der Waals surface area contributed by atoms with E-state index >= 15 is 0 Å². The van der Waals surface area contributed by atoms with Gasteiger partial charge in [0.15, 0.2) is 0 Å². The van der Waals surface area contributed by atoms with E-state index in [9.17, 15) is 4.79 Å². The average molecular weight is 312 g/mol. The molecular formula is C18H24N4O. The molecular weight excluding hydrogens is 288 g/mol. The zero-order chi connectivity index (χ0) is 16.6. The molecule has 122 valence electrons. The minimum atomic E-state index is -0.120. The Labute approximate surface area is 137 Å². The first-order chi connectivity index (χ1) is 11.0. The van der Waals surface area contributed by atoms with Gasteiger partial charge in [-0.1, -0.05) is 0 Å². The maximum atomic E-state index is 12.5. The molecule has 0 radical (unpaired) electrons. The van der Waals surface area contributed by atoms with Gasteiger partial charge < -0.3 is 5.32 Å². The topological polar surface area (TPSA) is 59.8 Å². The molecule has 0 fully saturated rings. The molecule has 1 atom stereocenters. The fourth-order valence-electron chi connectivity index (χ4n) is 2.95. The average Bonchev–Trinajstić information content (AvgIpc) is 2.95. The monoisotopic (exact) mass is 312 g/mol. The van der Waals surface area contributed by atoms with Gasteiger partial charge in [-0.25, -0.2) is 0 Å². The van der Waals surface area contributed by atoms with Crippen LogP contribution in [-0.2, 0) is 6.42 Å². The van der Waals surface area contributed by atoms with Gasteiger partial charge in [0, 0.05) is 18.4 Å². The van der Waals surface area contributed by atoms with E-state index in [1.807, 2.05) is 24.6 Å². The minimum Gasteiger partial charge on any atom is -0.342 e. The molecule has 3 rings (SSSR count). The number of hydrogen-bond acceptors (Lipinski definition) is 3. The van der Waals surface area contributed by atoms with Crippen LogP contribution in [-0.4, -0.2) is 20.7 Å². The normalized spacial score (nSPS) is 17.2. The predicted octanol–water partition coefficient (Wildman–Crippen LogP) is 3.28. The van der Waals surface area contributed by atoms with Crippen molar-refractivity contribution >= 4 is 5.91 Å². The molecule has 1 aliphatic carbocycles. The summed E-state index contributed by atoms with van der Waals surface area (Å²) in [6.07, 6.45) is 6.91. The van der Waals surface area contributed by atoms with Crippen molar-refractivity contribution in [3.63, 3.8) is 0 Å². The molecule has 0 saturated heterocycles. The van der Waals surface area contributed by atoms with Crippen LogP contribution in [0, 0.1) is 13.8 Å². The number of aromatic nitrogens is 3. The lowest BCUT2D eigenvalue weighted by Crippen LogP contribution is -2.31. The molecule has 2 aromatic rings. The van der Waals surface area contributed by atoms with Gasteiger partial charge in [0.1, 0.15) is 5.69 Å². The van der Waals surface area contributed by atoms with Crippen molar-refractivity contribution in [1.82, 2.24) is 20.1 Å². The Hall–Kier alpha value is -2.17. The van der Waals surface area contributed by atoms with Gasteiger partial charge in [0.25, 0.3) is 5.91 Å². The first-order valence-corrected chi connectivity index (χ1v) is 8.27. The number of hydrogen-bond donors (Lipinski definition) is 1. The summed E-state index contributed by atoms with van der Waals surface area (Å²) < 4.78 is 1.99. The second kappa shape index (κ2) is 6.14. The number of fused-ring (bicyclic) bond motifs is 1. The number of amides is 1. The van der Waals surface area contributed by atoms with E-state index in [2.05, 4.69) is 30.3 Å². The summed E-state index contributed by atoms with van der Waals surface area (Å²) in [6.45, 7) is 8.23. The Morgan fingerprint density at radius 2 is 2.13 bits per heavy atom. The fraction of sp³-hybridized carbons (Fsp3) is 0.500. The zero-order valence-corrected chi connectivity index (χ0v) is 14.3. The first-order valence-electron chi connectivity index (χ1n) is 8.27. The summed E-state index contributed by atoms with van der Waals surface area (Å²) in [5.41, 5.74) is 4.92. The summed E-state index contributed by atoms with van der Waals surface area (Å²) in [4.78, 5) is 16.8. The molecule has 5 nitrogen and oxygen atoms in total. The second-order valence-corrected chi connectivity index (χ2v) is 6.69. The SMILES string of the molecule is Cc1cnc(C(=O)NC2CCCc3cn(C(C)C)nc32)cc1C. The van der Waals surface area contributed by atoms with Gasteiger partial charge in [-0.2, -0.15) is 5.10 Å². The molecule has 5 heteroatoms.